The second-order valence-corrected chi connectivity index (χ2v) is 13.3. The number of fused-ring (bicyclic) bond motifs is 4. The van der Waals surface area contributed by atoms with Crippen molar-refractivity contribution in [1.82, 2.24) is 0 Å². The Labute approximate surface area is 231 Å². The SMILES string of the molecule is O=C(Oc1ccc(Oc2ccc(-[si-]3c4ccccc4c4ccccc43)cc2)cc1)OC1C2CC3C(=O)OC1C3C2. The summed E-state index contributed by atoms with van der Waals surface area (Å²) in [6, 6.07) is 32.6. The summed E-state index contributed by atoms with van der Waals surface area (Å²) in [5.41, 5.74) is 0. The quantitative estimate of drug-likeness (QED) is 0.135. The first-order valence-corrected chi connectivity index (χ1v) is 15.2. The van der Waals surface area contributed by atoms with Crippen LogP contribution in [0.2, 0.25) is 0 Å². The Morgan fingerprint density at radius 3 is 2.02 bits per heavy atom. The molecular weight excluding hydrogens is 520 g/mol. The molecule has 2 bridgehead atoms. The summed E-state index contributed by atoms with van der Waals surface area (Å²) in [6.45, 7) is 0. The average Bonchev–Trinajstić information content (AvgIpc) is 3.69. The number of ether oxygens (including phenoxy) is 4. The van der Waals surface area contributed by atoms with E-state index in [1.165, 1.54) is 26.0 Å². The van der Waals surface area contributed by atoms with Crippen LogP contribution < -0.4 is 9.47 Å². The lowest BCUT2D eigenvalue weighted by atomic mass is 9.88. The number of benzene rings is 4. The molecule has 3 aliphatic rings. The van der Waals surface area contributed by atoms with Gasteiger partial charge >= 0.3 is 12.1 Å². The first-order chi connectivity index (χ1) is 19.6. The van der Waals surface area contributed by atoms with Crippen LogP contribution in [-0.4, -0.2) is 32.7 Å². The minimum atomic E-state index is -1.07. The first-order valence-electron chi connectivity index (χ1n) is 13.7. The van der Waals surface area contributed by atoms with Crippen molar-refractivity contribution in [3.05, 3.63) is 97.1 Å². The van der Waals surface area contributed by atoms with Gasteiger partial charge < -0.3 is 18.9 Å². The summed E-state index contributed by atoms with van der Waals surface area (Å²) in [5.74, 6) is 1.90. The molecule has 5 aromatic rings. The van der Waals surface area contributed by atoms with E-state index in [0.29, 0.717) is 11.5 Å². The van der Waals surface area contributed by atoms with Crippen LogP contribution in [0.1, 0.15) is 12.8 Å². The molecule has 2 aliphatic carbocycles. The number of carbonyl (C=O) groups is 2. The monoisotopic (exact) mass is 545 g/mol. The molecule has 198 valence electrons. The molecule has 1 aliphatic heterocycles. The molecule has 0 spiro atoms. The molecule has 40 heavy (non-hydrogen) atoms. The normalized spacial score (nSPS) is 24.4. The summed E-state index contributed by atoms with van der Waals surface area (Å²) < 4.78 is 22.5. The fraction of sp³-hybridized carbons (Fsp3) is 0.212. The standard InChI is InChI=1S/C33H25O6Si/c34-32-27-18-19-17-26(27)31(38-32)30(19)39-33(35)37-22-11-9-20(10-12-22)36-21-13-15-23(16-14-21)40-28-7-3-1-5-24(28)25-6-2-4-8-29(25)40/h1-16,19,26-27,30-31H,17-18H2/q-1. The number of carbonyl (C=O) groups excluding carboxylic acids is 2. The highest BCUT2D eigenvalue weighted by Crippen LogP contribution is 2.55. The topological polar surface area (TPSA) is 71.1 Å². The van der Waals surface area contributed by atoms with E-state index in [0.717, 1.165) is 18.6 Å². The Morgan fingerprint density at radius 1 is 0.750 bits per heavy atom. The molecule has 2 heterocycles. The lowest BCUT2D eigenvalue weighted by Crippen LogP contribution is -2.36. The van der Waals surface area contributed by atoms with Crippen LogP contribution in [0.5, 0.6) is 17.2 Å². The van der Waals surface area contributed by atoms with E-state index in [-0.39, 0.29) is 29.8 Å². The van der Waals surface area contributed by atoms with Gasteiger partial charge in [0.15, 0.2) is 0 Å². The van der Waals surface area contributed by atoms with E-state index in [9.17, 15) is 9.59 Å². The molecule has 1 saturated heterocycles. The Morgan fingerprint density at radius 2 is 1.35 bits per heavy atom. The fourth-order valence-corrected chi connectivity index (χ4v) is 9.94. The molecule has 5 atom stereocenters. The van der Waals surface area contributed by atoms with Gasteiger partial charge in [0.2, 0.25) is 0 Å². The molecule has 3 fully saturated rings. The molecule has 2 saturated carbocycles. The van der Waals surface area contributed by atoms with Crippen LogP contribution in [0.3, 0.4) is 0 Å². The smallest absolute Gasteiger partial charge is 0.458 e. The van der Waals surface area contributed by atoms with Gasteiger partial charge in [0.25, 0.3) is 0 Å². The zero-order valence-electron chi connectivity index (χ0n) is 21.5. The van der Waals surface area contributed by atoms with Crippen molar-refractivity contribution in [1.29, 1.82) is 0 Å². The van der Waals surface area contributed by atoms with Gasteiger partial charge in [-0.05, 0) is 49.2 Å². The Hall–Kier alpha value is -4.36. The van der Waals surface area contributed by atoms with Gasteiger partial charge in [0.05, 0.1) is 5.92 Å². The molecule has 5 unspecified atom stereocenters. The second-order valence-electron chi connectivity index (χ2n) is 10.9. The molecule has 4 aromatic carbocycles. The maximum Gasteiger partial charge on any atom is 0.514 e. The highest BCUT2D eigenvalue weighted by Gasteiger charge is 2.63. The minimum absolute atomic E-state index is 0.0210. The van der Waals surface area contributed by atoms with Gasteiger partial charge in [-0.25, -0.2) is 13.2 Å². The van der Waals surface area contributed by atoms with Gasteiger partial charge in [0.1, 0.15) is 29.5 Å². The predicted octanol–water partition coefficient (Wildman–Crippen LogP) is 6.98. The van der Waals surface area contributed by atoms with Crippen LogP contribution in [0.15, 0.2) is 97.1 Å². The summed E-state index contributed by atoms with van der Waals surface area (Å²) >= 11 is 0. The maximum absolute atomic E-state index is 12.5. The van der Waals surface area contributed by atoms with Crippen molar-refractivity contribution < 1.29 is 28.5 Å². The molecular formula is C33H25O6Si-. The number of esters is 1. The lowest BCUT2D eigenvalue weighted by molar-refractivity contribution is -0.146. The lowest BCUT2D eigenvalue weighted by Gasteiger charge is -2.24. The summed E-state index contributed by atoms with van der Waals surface area (Å²) in [6.07, 6.45) is 0.0765. The number of hydrogen-bond acceptors (Lipinski definition) is 6. The third-order valence-corrected chi connectivity index (χ3v) is 11.6. The highest BCUT2D eigenvalue weighted by molar-refractivity contribution is 6.86. The molecule has 8 rings (SSSR count). The van der Waals surface area contributed by atoms with Crippen molar-refractivity contribution in [2.75, 3.05) is 0 Å². The van der Waals surface area contributed by atoms with Crippen LogP contribution in [0.4, 0.5) is 4.79 Å². The van der Waals surface area contributed by atoms with Gasteiger partial charge in [-0.1, -0.05) is 71.4 Å². The van der Waals surface area contributed by atoms with Crippen molar-refractivity contribution in [3.63, 3.8) is 0 Å². The molecule has 0 amide bonds. The molecule has 6 nitrogen and oxygen atoms in total. The third-order valence-electron chi connectivity index (χ3n) is 8.73. The average molecular weight is 546 g/mol. The van der Waals surface area contributed by atoms with Crippen LogP contribution in [0.25, 0.3) is 26.0 Å². The fourth-order valence-electron chi connectivity index (χ4n) is 7.03. The zero-order valence-corrected chi connectivity index (χ0v) is 22.5. The minimum Gasteiger partial charge on any atom is -0.458 e. The largest absolute Gasteiger partial charge is 0.514 e. The van der Waals surface area contributed by atoms with Gasteiger partial charge in [-0.2, -0.15) is 15.2 Å². The van der Waals surface area contributed by atoms with Crippen LogP contribution in [-0.2, 0) is 14.3 Å². The third kappa shape index (κ3) is 3.76. The second kappa shape index (κ2) is 9.10. The Kier molecular flexibility index (Phi) is 5.35. The summed E-state index contributed by atoms with van der Waals surface area (Å²) in [7, 11) is -1.07. The highest BCUT2D eigenvalue weighted by atomic mass is 28.2. The van der Waals surface area contributed by atoms with Crippen LogP contribution >= 0.6 is 0 Å². The molecule has 1 aromatic heterocycles. The van der Waals surface area contributed by atoms with Crippen molar-refractivity contribution >= 4 is 41.3 Å². The van der Waals surface area contributed by atoms with Crippen molar-refractivity contribution in [2.24, 2.45) is 17.8 Å². The Bertz CT molecular complexity index is 1720. The van der Waals surface area contributed by atoms with E-state index in [2.05, 4.69) is 60.7 Å². The van der Waals surface area contributed by atoms with E-state index in [4.69, 9.17) is 18.9 Å². The van der Waals surface area contributed by atoms with Gasteiger partial charge in [-0.15, -0.1) is 0 Å². The molecule has 7 heteroatoms. The van der Waals surface area contributed by atoms with E-state index in [1.54, 1.807) is 24.3 Å². The molecule has 0 radical (unpaired) electrons. The first kappa shape index (κ1) is 23.5. The summed E-state index contributed by atoms with van der Waals surface area (Å²) in [4.78, 5) is 27.2. The van der Waals surface area contributed by atoms with Crippen molar-refractivity contribution in [3.8, 4) is 22.4 Å². The Balaban J connectivity index is 0.941. The van der Waals surface area contributed by atoms with Crippen molar-refractivity contribution in [2.45, 2.75) is 25.0 Å². The van der Waals surface area contributed by atoms with Gasteiger partial charge in [0, 0.05) is 11.8 Å². The van der Waals surface area contributed by atoms with E-state index < -0.39 is 20.7 Å². The van der Waals surface area contributed by atoms with Crippen LogP contribution in [0, 0.1) is 17.8 Å². The zero-order chi connectivity index (χ0) is 26.8. The molecule has 0 N–H and O–H groups in total. The van der Waals surface area contributed by atoms with E-state index >= 15 is 0 Å². The summed E-state index contributed by atoms with van der Waals surface area (Å²) in [5, 5.41) is 3.99. The van der Waals surface area contributed by atoms with E-state index in [1.807, 2.05) is 12.1 Å². The predicted molar refractivity (Wildman–Crippen MR) is 151 cm³/mol. The van der Waals surface area contributed by atoms with Gasteiger partial charge in [-0.3, -0.25) is 4.79 Å². The number of hydrogen-bond donors (Lipinski definition) is 0. The maximum atomic E-state index is 12.5. The number of rotatable bonds is 5.